The van der Waals surface area contributed by atoms with E-state index < -0.39 is 0 Å². The molecule has 0 saturated carbocycles. The SMILES string of the molecule is CCCCN(CCO)CC1COCCC1NCCC. The second-order valence-electron chi connectivity index (χ2n) is 5.56. The van der Waals surface area contributed by atoms with Crippen LogP contribution in [0.1, 0.15) is 39.5 Å². The van der Waals surface area contributed by atoms with Crippen LogP contribution in [0.15, 0.2) is 0 Å². The maximum Gasteiger partial charge on any atom is 0.0558 e. The summed E-state index contributed by atoms with van der Waals surface area (Å²) in [5, 5.41) is 12.8. The van der Waals surface area contributed by atoms with E-state index in [1.807, 2.05) is 0 Å². The summed E-state index contributed by atoms with van der Waals surface area (Å²) >= 11 is 0. The molecule has 2 N–H and O–H groups in total. The van der Waals surface area contributed by atoms with E-state index in [0.29, 0.717) is 12.0 Å². The molecule has 1 rings (SSSR count). The van der Waals surface area contributed by atoms with Crippen molar-refractivity contribution >= 4 is 0 Å². The van der Waals surface area contributed by atoms with Crippen LogP contribution in [0.5, 0.6) is 0 Å². The molecular weight excluding hydrogens is 240 g/mol. The molecule has 19 heavy (non-hydrogen) atoms. The molecule has 0 amide bonds. The number of nitrogens with one attached hydrogen (secondary N) is 1. The Hall–Kier alpha value is -0.160. The zero-order valence-electron chi connectivity index (χ0n) is 12.7. The second kappa shape index (κ2) is 10.6. The van der Waals surface area contributed by atoms with Gasteiger partial charge in [0.2, 0.25) is 0 Å². The average Bonchev–Trinajstić information content (AvgIpc) is 2.44. The Kier molecular flexibility index (Phi) is 9.43. The molecule has 0 aromatic heterocycles. The van der Waals surface area contributed by atoms with Crippen LogP contribution in [-0.2, 0) is 4.74 Å². The Bertz CT molecular complexity index is 214. The first-order valence-corrected chi connectivity index (χ1v) is 7.96. The van der Waals surface area contributed by atoms with Crippen molar-refractivity contribution in [3.63, 3.8) is 0 Å². The van der Waals surface area contributed by atoms with Crippen LogP contribution in [-0.4, -0.2) is 62.0 Å². The maximum atomic E-state index is 9.18. The fourth-order valence-corrected chi connectivity index (χ4v) is 2.72. The van der Waals surface area contributed by atoms with Crippen molar-refractivity contribution in [1.29, 1.82) is 0 Å². The van der Waals surface area contributed by atoms with E-state index >= 15 is 0 Å². The van der Waals surface area contributed by atoms with Gasteiger partial charge in [0.25, 0.3) is 0 Å². The first-order valence-electron chi connectivity index (χ1n) is 7.96. The fraction of sp³-hybridized carbons (Fsp3) is 1.00. The fourth-order valence-electron chi connectivity index (χ4n) is 2.72. The standard InChI is InChI=1S/C15H32N2O2/c1-3-5-8-17(9-10-18)12-14-13-19-11-6-15(14)16-7-4-2/h14-16,18H,3-13H2,1-2H3. The number of aliphatic hydroxyl groups excluding tert-OH is 1. The van der Waals surface area contributed by atoms with Crippen molar-refractivity contribution in [2.75, 3.05) is 46.0 Å². The summed E-state index contributed by atoms with van der Waals surface area (Å²) in [4.78, 5) is 2.39. The van der Waals surface area contributed by atoms with Crippen molar-refractivity contribution in [1.82, 2.24) is 10.2 Å². The molecule has 4 nitrogen and oxygen atoms in total. The quantitative estimate of drug-likeness (QED) is 0.632. The highest BCUT2D eigenvalue weighted by molar-refractivity contribution is 4.82. The monoisotopic (exact) mass is 272 g/mol. The lowest BCUT2D eigenvalue weighted by molar-refractivity contribution is 0.0143. The van der Waals surface area contributed by atoms with Crippen LogP contribution in [0, 0.1) is 5.92 Å². The van der Waals surface area contributed by atoms with E-state index in [9.17, 15) is 5.11 Å². The van der Waals surface area contributed by atoms with Gasteiger partial charge >= 0.3 is 0 Å². The second-order valence-corrected chi connectivity index (χ2v) is 5.56. The van der Waals surface area contributed by atoms with Gasteiger partial charge in [0.15, 0.2) is 0 Å². The third kappa shape index (κ3) is 6.70. The molecule has 2 unspecified atom stereocenters. The molecule has 1 aliphatic rings. The molecule has 0 bridgehead atoms. The third-order valence-corrected chi connectivity index (χ3v) is 3.87. The van der Waals surface area contributed by atoms with Gasteiger partial charge in [-0.25, -0.2) is 0 Å². The lowest BCUT2D eigenvalue weighted by Gasteiger charge is -2.36. The summed E-state index contributed by atoms with van der Waals surface area (Å²) in [5.74, 6) is 0.559. The molecule has 0 radical (unpaired) electrons. The van der Waals surface area contributed by atoms with Crippen molar-refractivity contribution < 1.29 is 9.84 Å². The summed E-state index contributed by atoms with van der Waals surface area (Å²) in [5.41, 5.74) is 0. The minimum Gasteiger partial charge on any atom is -0.395 e. The van der Waals surface area contributed by atoms with Crippen molar-refractivity contribution in [2.24, 2.45) is 5.92 Å². The molecule has 0 spiro atoms. The average molecular weight is 272 g/mol. The van der Waals surface area contributed by atoms with Gasteiger partial charge in [0.05, 0.1) is 13.2 Å². The number of rotatable bonds is 10. The molecule has 0 aromatic carbocycles. The highest BCUT2D eigenvalue weighted by atomic mass is 16.5. The van der Waals surface area contributed by atoms with Gasteiger partial charge in [0.1, 0.15) is 0 Å². The molecule has 0 aliphatic carbocycles. The zero-order chi connectivity index (χ0) is 13.9. The van der Waals surface area contributed by atoms with Gasteiger partial charge < -0.3 is 20.1 Å². The number of hydrogen-bond acceptors (Lipinski definition) is 4. The Morgan fingerprint density at radius 2 is 2.11 bits per heavy atom. The summed E-state index contributed by atoms with van der Waals surface area (Å²) < 4.78 is 5.65. The summed E-state index contributed by atoms with van der Waals surface area (Å²) in [7, 11) is 0. The lowest BCUT2D eigenvalue weighted by atomic mass is 9.94. The number of nitrogens with zero attached hydrogens (tertiary/aromatic N) is 1. The number of ether oxygens (including phenoxy) is 1. The molecule has 2 atom stereocenters. The summed E-state index contributed by atoms with van der Waals surface area (Å²) in [6, 6.07) is 0.580. The van der Waals surface area contributed by atoms with E-state index in [-0.39, 0.29) is 6.61 Å². The molecule has 4 heteroatoms. The summed E-state index contributed by atoms with van der Waals surface area (Å²) in [6.45, 7) is 10.4. The topological polar surface area (TPSA) is 44.7 Å². The largest absolute Gasteiger partial charge is 0.395 e. The van der Waals surface area contributed by atoms with Crippen LogP contribution < -0.4 is 5.32 Å². The number of aliphatic hydroxyl groups is 1. The normalized spacial score (nSPS) is 24.0. The lowest BCUT2D eigenvalue weighted by Crippen LogP contribution is -2.48. The Balaban J connectivity index is 2.42. The first kappa shape index (κ1) is 16.9. The zero-order valence-corrected chi connectivity index (χ0v) is 12.7. The minimum absolute atomic E-state index is 0.254. The number of unbranched alkanes of at least 4 members (excludes halogenated alkanes) is 1. The summed E-state index contributed by atoms with van der Waals surface area (Å²) in [6.07, 6.45) is 4.72. The third-order valence-electron chi connectivity index (χ3n) is 3.87. The predicted octanol–water partition coefficient (Wildman–Crippen LogP) is 1.49. The van der Waals surface area contributed by atoms with E-state index in [0.717, 1.165) is 45.8 Å². The van der Waals surface area contributed by atoms with E-state index in [4.69, 9.17) is 4.74 Å². The molecule has 1 fully saturated rings. The van der Waals surface area contributed by atoms with E-state index in [1.165, 1.54) is 19.3 Å². The van der Waals surface area contributed by atoms with Gasteiger partial charge in [-0.2, -0.15) is 0 Å². The van der Waals surface area contributed by atoms with Gasteiger partial charge in [-0.05, 0) is 32.4 Å². The van der Waals surface area contributed by atoms with Crippen LogP contribution in [0.2, 0.25) is 0 Å². The minimum atomic E-state index is 0.254. The Morgan fingerprint density at radius 1 is 1.26 bits per heavy atom. The molecule has 0 aromatic rings. The maximum absolute atomic E-state index is 9.18. The van der Waals surface area contributed by atoms with Gasteiger partial charge in [-0.1, -0.05) is 20.3 Å². The van der Waals surface area contributed by atoms with Gasteiger partial charge in [0, 0.05) is 31.7 Å². The Labute approximate surface area is 118 Å². The van der Waals surface area contributed by atoms with Crippen LogP contribution in [0.4, 0.5) is 0 Å². The molecule has 1 heterocycles. The van der Waals surface area contributed by atoms with E-state index in [1.54, 1.807) is 0 Å². The van der Waals surface area contributed by atoms with E-state index in [2.05, 4.69) is 24.1 Å². The van der Waals surface area contributed by atoms with Gasteiger partial charge in [-0.3, -0.25) is 0 Å². The first-order chi connectivity index (χ1) is 9.31. The predicted molar refractivity (Wildman–Crippen MR) is 79.4 cm³/mol. The van der Waals surface area contributed by atoms with Crippen LogP contribution >= 0.6 is 0 Å². The molecule has 1 aliphatic heterocycles. The van der Waals surface area contributed by atoms with Crippen molar-refractivity contribution in [3.05, 3.63) is 0 Å². The smallest absolute Gasteiger partial charge is 0.0558 e. The van der Waals surface area contributed by atoms with Crippen LogP contribution in [0.25, 0.3) is 0 Å². The van der Waals surface area contributed by atoms with Crippen molar-refractivity contribution in [2.45, 2.75) is 45.6 Å². The Morgan fingerprint density at radius 3 is 2.79 bits per heavy atom. The highest BCUT2D eigenvalue weighted by Gasteiger charge is 2.26. The van der Waals surface area contributed by atoms with Crippen molar-refractivity contribution in [3.8, 4) is 0 Å². The molecule has 1 saturated heterocycles. The molecular formula is C15H32N2O2. The highest BCUT2D eigenvalue weighted by Crippen LogP contribution is 2.16. The van der Waals surface area contributed by atoms with Gasteiger partial charge in [-0.15, -0.1) is 0 Å². The van der Waals surface area contributed by atoms with Crippen LogP contribution in [0.3, 0.4) is 0 Å². The molecule has 114 valence electrons. The number of hydrogen-bond donors (Lipinski definition) is 2.